The third-order valence-corrected chi connectivity index (χ3v) is 4.56. The van der Waals surface area contributed by atoms with Crippen LogP contribution in [0.15, 0.2) is 24.3 Å². The van der Waals surface area contributed by atoms with Crippen molar-refractivity contribution in [3.8, 4) is 5.75 Å². The predicted molar refractivity (Wildman–Crippen MR) is 91.1 cm³/mol. The topological polar surface area (TPSA) is 108 Å². The number of carbonyl (C=O) groups is 1. The molecule has 0 aliphatic carbocycles. The normalized spacial score (nSPS) is 30.6. The SMILES string of the molecule is CC[C@@H](C)c1ccc(O[C@H]2O[C@@H](CO)[C@@H](O)[C@@H](O)[C@H]2NC(C)=O)cc1. The summed E-state index contributed by atoms with van der Waals surface area (Å²) in [6.07, 6.45) is -3.65. The highest BCUT2D eigenvalue weighted by Crippen LogP contribution is 2.26. The van der Waals surface area contributed by atoms with Crippen molar-refractivity contribution in [3.05, 3.63) is 29.8 Å². The molecular weight excluding hydrogens is 326 g/mol. The van der Waals surface area contributed by atoms with Crippen LogP contribution >= 0.6 is 0 Å². The molecule has 2 rings (SSSR count). The molecule has 0 radical (unpaired) electrons. The number of benzene rings is 1. The highest BCUT2D eigenvalue weighted by molar-refractivity contribution is 5.73. The monoisotopic (exact) mass is 353 g/mol. The first-order valence-corrected chi connectivity index (χ1v) is 8.53. The molecule has 1 fully saturated rings. The molecule has 1 aliphatic heterocycles. The van der Waals surface area contributed by atoms with E-state index < -0.39 is 37.3 Å². The summed E-state index contributed by atoms with van der Waals surface area (Å²) in [4.78, 5) is 11.4. The smallest absolute Gasteiger partial charge is 0.223 e. The lowest BCUT2D eigenvalue weighted by molar-refractivity contribution is -0.244. The Balaban J connectivity index is 2.16. The molecule has 1 saturated heterocycles. The zero-order chi connectivity index (χ0) is 18.6. The Morgan fingerprint density at radius 1 is 1.28 bits per heavy atom. The average molecular weight is 353 g/mol. The van der Waals surface area contributed by atoms with Crippen LogP contribution in [-0.4, -0.2) is 58.5 Å². The lowest BCUT2D eigenvalue weighted by Gasteiger charge is -2.42. The van der Waals surface area contributed by atoms with Crippen LogP contribution in [0.3, 0.4) is 0 Å². The van der Waals surface area contributed by atoms with Crippen LogP contribution in [0.2, 0.25) is 0 Å². The number of aliphatic hydroxyl groups is 3. The van der Waals surface area contributed by atoms with Gasteiger partial charge in [0.2, 0.25) is 12.2 Å². The summed E-state index contributed by atoms with van der Waals surface area (Å²) in [6.45, 7) is 5.08. The summed E-state index contributed by atoms with van der Waals surface area (Å²) in [5.74, 6) is 0.554. The molecule has 6 atom stereocenters. The zero-order valence-corrected chi connectivity index (χ0v) is 14.8. The van der Waals surface area contributed by atoms with Gasteiger partial charge in [-0.1, -0.05) is 26.0 Å². The van der Waals surface area contributed by atoms with Gasteiger partial charge in [0, 0.05) is 6.92 Å². The van der Waals surface area contributed by atoms with Crippen LogP contribution in [0, 0.1) is 0 Å². The fraction of sp³-hybridized carbons (Fsp3) is 0.611. The Kier molecular flexibility index (Phi) is 6.78. The minimum Gasteiger partial charge on any atom is -0.463 e. The summed E-state index contributed by atoms with van der Waals surface area (Å²) in [5, 5.41) is 32.1. The number of aliphatic hydroxyl groups excluding tert-OH is 3. The van der Waals surface area contributed by atoms with Crippen LogP contribution in [0.4, 0.5) is 0 Å². The van der Waals surface area contributed by atoms with Gasteiger partial charge in [0.05, 0.1) is 6.61 Å². The van der Waals surface area contributed by atoms with Gasteiger partial charge in [-0.25, -0.2) is 0 Å². The van der Waals surface area contributed by atoms with E-state index in [1.165, 1.54) is 12.5 Å². The maximum absolute atomic E-state index is 11.4. The lowest BCUT2D eigenvalue weighted by Crippen LogP contribution is -2.65. The summed E-state index contributed by atoms with van der Waals surface area (Å²) in [5.41, 5.74) is 1.18. The van der Waals surface area contributed by atoms with E-state index >= 15 is 0 Å². The Labute approximate surface area is 147 Å². The lowest BCUT2D eigenvalue weighted by atomic mass is 9.97. The van der Waals surface area contributed by atoms with Crippen molar-refractivity contribution in [2.24, 2.45) is 0 Å². The molecule has 1 aromatic carbocycles. The second-order valence-corrected chi connectivity index (χ2v) is 6.43. The van der Waals surface area contributed by atoms with E-state index in [9.17, 15) is 20.1 Å². The molecule has 1 aromatic rings. The first-order valence-electron chi connectivity index (χ1n) is 8.53. The average Bonchev–Trinajstić information content (AvgIpc) is 2.60. The third kappa shape index (κ3) is 4.70. The molecule has 7 heteroatoms. The number of carbonyl (C=O) groups excluding carboxylic acids is 1. The van der Waals surface area contributed by atoms with Gasteiger partial charge in [0.1, 0.15) is 30.1 Å². The highest BCUT2D eigenvalue weighted by atomic mass is 16.7. The summed E-state index contributed by atoms with van der Waals surface area (Å²) in [7, 11) is 0. The molecule has 0 bridgehead atoms. The van der Waals surface area contributed by atoms with Crippen LogP contribution in [0.5, 0.6) is 5.75 Å². The molecule has 140 valence electrons. The van der Waals surface area contributed by atoms with Crippen LogP contribution in [0.25, 0.3) is 0 Å². The van der Waals surface area contributed by atoms with Crippen molar-refractivity contribution in [2.75, 3.05) is 6.61 Å². The molecule has 4 N–H and O–H groups in total. The number of amides is 1. The van der Waals surface area contributed by atoms with Crippen molar-refractivity contribution in [1.82, 2.24) is 5.32 Å². The first-order chi connectivity index (χ1) is 11.9. The highest BCUT2D eigenvalue weighted by Gasteiger charge is 2.46. The molecule has 1 aliphatic rings. The molecule has 0 saturated carbocycles. The van der Waals surface area contributed by atoms with E-state index in [4.69, 9.17) is 9.47 Å². The number of hydrogen-bond acceptors (Lipinski definition) is 6. The molecular formula is C18H27NO6. The summed E-state index contributed by atoms with van der Waals surface area (Å²) in [6, 6.07) is 6.54. The molecule has 0 spiro atoms. The first kappa shape index (κ1) is 19.7. The van der Waals surface area contributed by atoms with Crippen LogP contribution < -0.4 is 10.1 Å². The Morgan fingerprint density at radius 3 is 2.44 bits per heavy atom. The number of rotatable bonds is 6. The van der Waals surface area contributed by atoms with Crippen LogP contribution in [0.1, 0.15) is 38.7 Å². The molecule has 1 heterocycles. The fourth-order valence-electron chi connectivity index (χ4n) is 2.82. The van der Waals surface area contributed by atoms with E-state index in [-0.39, 0.29) is 5.91 Å². The van der Waals surface area contributed by atoms with Gasteiger partial charge < -0.3 is 30.1 Å². The van der Waals surface area contributed by atoms with Gasteiger partial charge in [0.15, 0.2) is 0 Å². The minimum absolute atomic E-state index is 0.386. The van der Waals surface area contributed by atoms with Crippen molar-refractivity contribution >= 4 is 5.91 Å². The Bertz CT molecular complexity index is 563. The van der Waals surface area contributed by atoms with E-state index in [1.54, 1.807) is 12.1 Å². The Hall–Kier alpha value is -1.67. The molecule has 0 aromatic heterocycles. The zero-order valence-electron chi connectivity index (χ0n) is 14.8. The van der Waals surface area contributed by atoms with E-state index in [0.29, 0.717) is 11.7 Å². The van der Waals surface area contributed by atoms with E-state index in [2.05, 4.69) is 19.2 Å². The van der Waals surface area contributed by atoms with Gasteiger partial charge in [-0.15, -0.1) is 0 Å². The van der Waals surface area contributed by atoms with Crippen LogP contribution in [-0.2, 0) is 9.53 Å². The maximum Gasteiger partial charge on any atom is 0.223 e. The predicted octanol–water partition coefficient (Wildman–Crippen LogP) is 0.523. The molecule has 0 unspecified atom stereocenters. The van der Waals surface area contributed by atoms with Gasteiger partial charge in [-0.2, -0.15) is 0 Å². The van der Waals surface area contributed by atoms with Crippen molar-refractivity contribution in [2.45, 2.75) is 63.8 Å². The maximum atomic E-state index is 11.4. The number of ether oxygens (including phenoxy) is 2. The molecule has 7 nitrogen and oxygen atoms in total. The standard InChI is InChI=1S/C18H27NO6/c1-4-10(2)12-5-7-13(8-6-12)24-18-15(19-11(3)21)17(23)16(22)14(9-20)25-18/h5-8,10,14-18,20,22-23H,4,9H2,1-3H3,(H,19,21)/t10-,14+,15-,16-,17+,18+/m1/s1. The van der Waals surface area contributed by atoms with Gasteiger partial charge in [0.25, 0.3) is 0 Å². The fourth-order valence-corrected chi connectivity index (χ4v) is 2.82. The second-order valence-electron chi connectivity index (χ2n) is 6.43. The molecule has 1 amide bonds. The number of hydrogen-bond donors (Lipinski definition) is 4. The quantitative estimate of drug-likeness (QED) is 0.594. The van der Waals surface area contributed by atoms with Gasteiger partial charge >= 0.3 is 0 Å². The number of nitrogens with one attached hydrogen (secondary N) is 1. The second kappa shape index (κ2) is 8.62. The van der Waals surface area contributed by atoms with Gasteiger partial charge in [-0.05, 0) is 30.0 Å². The van der Waals surface area contributed by atoms with Gasteiger partial charge in [-0.3, -0.25) is 4.79 Å². The van der Waals surface area contributed by atoms with Crippen molar-refractivity contribution in [3.63, 3.8) is 0 Å². The summed E-state index contributed by atoms with van der Waals surface area (Å²) >= 11 is 0. The third-order valence-electron chi connectivity index (χ3n) is 4.56. The van der Waals surface area contributed by atoms with E-state index in [0.717, 1.165) is 6.42 Å². The largest absolute Gasteiger partial charge is 0.463 e. The Morgan fingerprint density at radius 2 is 1.92 bits per heavy atom. The minimum atomic E-state index is -1.32. The van der Waals surface area contributed by atoms with Crippen molar-refractivity contribution < 1.29 is 29.6 Å². The van der Waals surface area contributed by atoms with E-state index in [1.807, 2.05) is 12.1 Å². The summed E-state index contributed by atoms with van der Waals surface area (Å²) < 4.78 is 11.3. The van der Waals surface area contributed by atoms with Crippen molar-refractivity contribution in [1.29, 1.82) is 0 Å². The molecule has 25 heavy (non-hydrogen) atoms.